The topological polar surface area (TPSA) is 20.2 Å². The van der Waals surface area contributed by atoms with Crippen LogP contribution in [0.2, 0.25) is 0 Å². The summed E-state index contributed by atoms with van der Waals surface area (Å²) in [5, 5.41) is 10.1. The van der Waals surface area contributed by atoms with Crippen LogP contribution in [0.3, 0.4) is 0 Å². The lowest BCUT2D eigenvalue weighted by Gasteiger charge is -2.09. The molecular weight excluding hydrogens is 300 g/mol. The van der Waals surface area contributed by atoms with Crippen LogP contribution in [0.25, 0.3) is 0 Å². The Balaban J connectivity index is 2.01. The molecule has 23 heavy (non-hydrogen) atoms. The number of thioether (sulfide) groups is 1. The second-order valence-electron chi connectivity index (χ2n) is 5.74. The molecule has 2 aromatic carbocycles. The quantitative estimate of drug-likeness (QED) is 0.596. The van der Waals surface area contributed by atoms with Gasteiger partial charge in [-0.15, -0.1) is 11.8 Å². The number of aliphatic hydroxyl groups is 1. The second-order valence-corrected chi connectivity index (χ2v) is 6.73. The van der Waals surface area contributed by atoms with E-state index in [9.17, 15) is 5.11 Å². The average Bonchev–Trinajstić information content (AvgIpc) is 2.54. The first-order chi connectivity index (χ1) is 11.1. The highest BCUT2D eigenvalue weighted by molar-refractivity contribution is 7.99. The molecule has 2 aromatic rings. The number of hydrogen-bond donors (Lipinski definition) is 1. The molecule has 1 N–H and O–H groups in total. The molecule has 0 amide bonds. The molecule has 2 heteroatoms. The molecule has 0 bridgehead atoms. The largest absolute Gasteiger partial charge is 0.388 e. The van der Waals surface area contributed by atoms with E-state index in [1.807, 2.05) is 24.3 Å². The third-order valence-electron chi connectivity index (χ3n) is 3.76. The number of aliphatic hydroxyl groups excluding tert-OH is 1. The summed E-state index contributed by atoms with van der Waals surface area (Å²) in [7, 11) is 0. The van der Waals surface area contributed by atoms with E-state index < -0.39 is 0 Å². The Morgan fingerprint density at radius 2 is 1.78 bits per heavy atom. The normalized spacial score (nSPS) is 11.7. The molecule has 0 aliphatic heterocycles. The van der Waals surface area contributed by atoms with Crippen molar-refractivity contribution in [1.82, 2.24) is 0 Å². The van der Waals surface area contributed by atoms with Gasteiger partial charge in [0.05, 0.1) is 11.9 Å². The van der Waals surface area contributed by atoms with Crippen molar-refractivity contribution in [3.63, 3.8) is 0 Å². The standard InChI is InChI=1S/C21H24OS/c1-4-8-20(22)19-13-6-11-18(15-19)12-7-14-23-21-16(2)9-5-10-17(21)3/h5-6,9-11,13,15,20,22H,4,8,14H2,1-3H3/t20-/m1/s1. The fourth-order valence-electron chi connectivity index (χ4n) is 2.54. The molecule has 0 saturated carbocycles. The van der Waals surface area contributed by atoms with E-state index in [2.05, 4.69) is 50.8 Å². The van der Waals surface area contributed by atoms with Crippen molar-refractivity contribution in [2.45, 2.75) is 44.6 Å². The lowest BCUT2D eigenvalue weighted by atomic mass is 10.0. The number of rotatable bonds is 5. The lowest BCUT2D eigenvalue weighted by Crippen LogP contribution is -1.96. The first-order valence-corrected chi connectivity index (χ1v) is 9.06. The van der Waals surface area contributed by atoms with Gasteiger partial charge in [0.25, 0.3) is 0 Å². The Bertz CT molecular complexity index is 689. The number of aryl methyl sites for hydroxylation is 2. The molecule has 0 saturated heterocycles. The smallest absolute Gasteiger partial charge is 0.0790 e. The van der Waals surface area contributed by atoms with Crippen molar-refractivity contribution < 1.29 is 5.11 Å². The Morgan fingerprint density at radius 3 is 2.48 bits per heavy atom. The van der Waals surface area contributed by atoms with Gasteiger partial charge in [0.2, 0.25) is 0 Å². The van der Waals surface area contributed by atoms with Crippen LogP contribution >= 0.6 is 11.8 Å². The summed E-state index contributed by atoms with van der Waals surface area (Å²) in [6.45, 7) is 6.36. The Morgan fingerprint density at radius 1 is 1.09 bits per heavy atom. The predicted molar refractivity (Wildman–Crippen MR) is 99.8 cm³/mol. The van der Waals surface area contributed by atoms with Gasteiger partial charge in [0.1, 0.15) is 0 Å². The van der Waals surface area contributed by atoms with Gasteiger partial charge in [0, 0.05) is 10.5 Å². The summed E-state index contributed by atoms with van der Waals surface area (Å²) in [6.07, 6.45) is 1.38. The fraction of sp³-hybridized carbons (Fsp3) is 0.333. The summed E-state index contributed by atoms with van der Waals surface area (Å²) in [4.78, 5) is 1.33. The van der Waals surface area contributed by atoms with Crippen LogP contribution in [0.15, 0.2) is 47.4 Å². The first-order valence-electron chi connectivity index (χ1n) is 8.07. The highest BCUT2D eigenvalue weighted by atomic mass is 32.2. The molecule has 1 nitrogen and oxygen atoms in total. The van der Waals surface area contributed by atoms with Crippen LogP contribution < -0.4 is 0 Å². The highest BCUT2D eigenvalue weighted by Crippen LogP contribution is 2.25. The monoisotopic (exact) mass is 324 g/mol. The molecule has 2 rings (SSSR count). The molecule has 1 atom stereocenters. The van der Waals surface area contributed by atoms with Crippen LogP contribution in [-0.2, 0) is 0 Å². The molecule has 120 valence electrons. The zero-order valence-corrected chi connectivity index (χ0v) is 14.9. The minimum absolute atomic E-state index is 0.384. The van der Waals surface area contributed by atoms with Gasteiger partial charge in [-0.25, -0.2) is 0 Å². The van der Waals surface area contributed by atoms with E-state index in [1.165, 1.54) is 16.0 Å². The zero-order valence-electron chi connectivity index (χ0n) is 14.1. The summed E-state index contributed by atoms with van der Waals surface area (Å²) < 4.78 is 0. The van der Waals surface area contributed by atoms with Crippen molar-refractivity contribution in [2.75, 3.05) is 5.75 Å². The zero-order chi connectivity index (χ0) is 16.7. The van der Waals surface area contributed by atoms with Crippen LogP contribution in [0, 0.1) is 25.7 Å². The van der Waals surface area contributed by atoms with E-state index in [-0.39, 0.29) is 6.10 Å². The minimum atomic E-state index is -0.384. The van der Waals surface area contributed by atoms with Crippen LogP contribution in [0.1, 0.15) is 48.1 Å². The van der Waals surface area contributed by atoms with Gasteiger partial charge < -0.3 is 5.11 Å². The van der Waals surface area contributed by atoms with Crippen molar-refractivity contribution >= 4 is 11.8 Å². The van der Waals surface area contributed by atoms with Gasteiger partial charge >= 0.3 is 0 Å². The maximum atomic E-state index is 10.1. The van der Waals surface area contributed by atoms with Gasteiger partial charge in [-0.3, -0.25) is 0 Å². The molecule has 0 radical (unpaired) electrons. The van der Waals surface area contributed by atoms with E-state index in [1.54, 1.807) is 11.8 Å². The van der Waals surface area contributed by atoms with Gasteiger partial charge in [-0.05, 0) is 49.1 Å². The Kier molecular flexibility index (Phi) is 6.77. The first kappa shape index (κ1) is 17.7. The Labute approximate surface area is 144 Å². The number of hydrogen-bond acceptors (Lipinski definition) is 2. The lowest BCUT2D eigenvalue weighted by molar-refractivity contribution is 0.166. The summed E-state index contributed by atoms with van der Waals surface area (Å²) >= 11 is 1.79. The summed E-state index contributed by atoms with van der Waals surface area (Å²) in [6, 6.07) is 14.3. The fourth-order valence-corrected chi connectivity index (χ4v) is 3.42. The van der Waals surface area contributed by atoms with E-state index in [4.69, 9.17) is 0 Å². The molecule has 0 aliphatic rings. The van der Waals surface area contributed by atoms with Crippen molar-refractivity contribution in [2.24, 2.45) is 0 Å². The maximum Gasteiger partial charge on any atom is 0.0790 e. The van der Waals surface area contributed by atoms with Crippen LogP contribution in [0.5, 0.6) is 0 Å². The predicted octanol–water partition coefficient (Wildman–Crippen LogP) is 5.28. The van der Waals surface area contributed by atoms with Crippen molar-refractivity contribution in [1.29, 1.82) is 0 Å². The molecule has 0 heterocycles. The molecule has 0 spiro atoms. The molecule has 0 aromatic heterocycles. The summed E-state index contributed by atoms with van der Waals surface area (Å²) in [5.41, 5.74) is 4.55. The average molecular weight is 324 g/mol. The van der Waals surface area contributed by atoms with Gasteiger partial charge in [0.15, 0.2) is 0 Å². The van der Waals surface area contributed by atoms with Crippen LogP contribution in [0.4, 0.5) is 0 Å². The van der Waals surface area contributed by atoms with Crippen molar-refractivity contribution in [3.8, 4) is 11.8 Å². The van der Waals surface area contributed by atoms with E-state index in [0.717, 1.165) is 29.7 Å². The van der Waals surface area contributed by atoms with Gasteiger partial charge in [-0.1, -0.05) is 55.5 Å². The number of benzene rings is 2. The SMILES string of the molecule is CCC[C@@H](O)c1cccc(C#CCSc2c(C)cccc2C)c1. The minimum Gasteiger partial charge on any atom is -0.388 e. The third-order valence-corrected chi connectivity index (χ3v) is 4.98. The Hall–Kier alpha value is -1.69. The van der Waals surface area contributed by atoms with Gasteiger partial charge in [-0.2, -0.15) is 0 Å². The highest BCUT2D eigenvalue weighted by Gasteiger charge is 2.05. The van der Waals surface area contributed by atoms with E-state index in [0.29, 0.717) is 0 Å². The van der Waals surface area contributed by atoms with E-state index >= 15 is 0 Å². The van der Waals surface area contributed by atoms with Crippen LogP contribution in [-0.4, -0.2) is 10.9 Å². The molecular formula is C21H24OS. The second kappa shape index (κ2) is 8.82. The molecule has 0 unspecified atom stereocenters. The molecule has 0 aliphatic carbocycles. The third kappa shape index (κ3) is 5.16. The van der Waals surface area contributed by atoms with Crippen molar-refractivity contribution in [3.05, 3.63) is 64.7 Å². The summed E-state index contributed by atoms with van der Waals surface area (Å²) in [5.74, 6) is 7.21. The molecule has 0 fully saturated rings. The maximum absolute atomic E-state index is 10.1.